The van der Waals surface area contributed by atoms with Crippen molar-refractivity contribution < 1.29 is 0 Å². The molecule has 0 spiro atoms. The largest absolute Gasteiger partial charge is 0.355 e. The van der Waals surface area contributed by atoms with Crippen LogP contribution in [0.1, 0.15) is 24.2 Å². The van der Waals surface area contributed by atoms with Crippen LogP contribution in [0.3, 0.4) is 0 Å². The standard InChI is InChI=1S/C20H23N5O/c1-14-7-8-19(26)25(23-14)13-16-9-11-24(12-10-16)20-18-6-4-3-5-17(18)15(2)21-22-20/h3-8,16H,9-13H2,1-2H3. The molecule has 0 radical (unpaired) electrons. The van der Waals surface area contributed by atoms with Crippen LogP contribution in [0, 0.1) is 19.8 Å². The molecule has 0 N–H and O–H groups in total. The van der Waals surface area contributed by atoms with Gasteiger partial charge in [-0.3, -0.25) is 4.79 Å². The maximum Gasteiger partial charge on any atom is 0.266 e. The van der Waals surface area contributed by atoms with Crippen LogP contribution in [-0.4, -0.2) is 33.1 Å². The summed E-state index contributed by atoms with van der Waals surface area (Å²) in [6, 6.07) is 11.7. The molecule has 1 aliphatic rings. The molecule has 134 valence electrons. The van der Waals surface area contributed by atoms with E-state index in [1.54, 1.807) is 16.8 Å². The van der Waals surface area contributed by atoms with Crippen LogP contribution in [-0.2, 0) is 6.54 Å². The molecule has 0 atom stereocenters. The van der Waals surface area contributed by atoms with Gasteiger partial charge in [0, 0.05) is 36.5 Å². The van der Waals surface area contributed by atoms with Crippen molar-refractivity contribution in [2.45, 2.75) is 33.2 Å². The Kier molecular flexibility index (Phi) is 4.41. The van der Waals surface area contributed by atoms with Crippen molar-refractivity contribution >= 4 is 16.6 Å². The first-order valence-corrected chi connectivity index (χ1v) is 9.13. The molecule has 0 unspecified atom stereocenters. The second-order valence-corrected chi connectivity index (χ2v) is 7.08. The summed E-state index contributed by atoms with van der Waals surface area (Å²) in [5.41, 5.74) is 1.82. The molecule has 3 aromatic rings. The topological polar surface area (TPSA) is 63.9 Å². The number of benzene rings is 1. The molecule has 4 rings (SSSR count). The number of anilines is 1. The summed E-state index contributed by atoms with van der Waals surface area (Å²) in [6.07, 6.45) is 2.04. The fraction of sp³-hybridized carbons (Fsp3) is 0.400. The van der Waals surface area contributed by atoms with E-state index in [2.05, 4.69) is 38.4 Å². The Morgan fingerprint density at radius 2 is 1.73 bits per heavy atom. The van der Waals surface area contributed by atoms with Crippen molar-refractivity contribution in [3.8, 4) is 0 Å². The van der Waals surface area contributed by atoms with Gasteiger partial charge in [0.15, 0.2) is 5.82 Å². The lowest BCUT2D eigenvalue weighted by molar-refractivity contribution is 0.333. The van der Waals surface area contributed by atoms with Crippen molar-refractivity contribution in [3.05, 3.63) is 58.1 Å². The highest BCUT2D eigenvalue weighted by atomic mass is 16.1. The Morgan fingerprint density at radius 3 is 2.50 bits per heavy atom. The predicted molar refractivity (Wildman–Crippen MR) is 102 cm³/mol. The molecular formula is C20H23N5O. The van der Waals surface area contributed by atoms with Gasteiger partial charge in [-0.05, 0) is 38.7 Å². The van der Waals surface area contributed by atoms with Gasteiger partial charge >= 0.3 is 0 Å². The monoisotopic (exact) mass is 349 g/mol. The molecule has 2 aromatic heterocycles. The number of fused-ring (bicyclic) bond motifs is 1. The molecule has 1 aromatic carbocycles. The van der Waals surface area contributed by atoms with Gasteiger partial charge in [0.05, 0.1) is 11.4 Å². The average molecular weight is 349 g/mol. The number of rotatable bonds is 3. The molecule has 6 nitrogen and oxygen atoms in total. The number of nitrogens with zero attached hydrogens (tertiary/aromatic N) is 5. The van der Waals surface area contributed by atoms with Crippen LogP contribution in [0.25, 0.3) is 10.8 Å². The zero-order valence-electron chi connectivity index (χ0n) is 15.2. The smallest absolute Gasteiger partial charge is 0.266 e. The summed E-state index contributed by atoms with van der Waals surface area (Å²) in [4.78, 5) is 14.3. The first-order chi connectivity index (χ1) is 12.6. The van der Waals surface area contributed by atoms with E-state index >= 15 is 0 Å². The van der Waals surface area contributed by atoms with Gasteiger partial charge in [0.2, 0.25) is 0 Å². The fourth-order valence-electron chi connectivity index (χ4n) is 3.71. The van der Waals surface area contributed by atoms with Crippen LogP contribution in [0.2, 0.25) is 0 Å². The van der Waals surface area contributed by atoms with E-state index < -0.39 is 0 Å². The van der Waals surface area contributed by atoms with E-state index in [1.807, 2.05) is 19.9 Å². The maximum atomic E-state index is 12.0. The molecule has 1 saturated heterocycles. The Balaban J connectivity index is 1.50. The van der Waals surface area contributed by atoms with Gasteiger partial charge in [0.1, 0.15) is 0 Å². The third-order valence-electron chi connectivity index (χ3n) is 5.20. The average Bonchev–Trinajstić information content (AvgIpc) is 2.66. The highest BCUT2D eigenvalue weighted by Gasteiger charge is 2.23. The van der Waals surface area contributed by atoms with E-state index in [4.69, 9.17) is 0 Å². The molecule has 0 bridgehead atoms. The highest BCUT2D eigenvalue weighted by molar-refractivity contribution is 5.93. The molecule has 1 aliphatic heterocycles. The van der Waals surface area contributed by atoms with Crippen molar-refractivity contribution in [2.24, 2.45) is 5.92 Å². The summed E-state index contributed by atoms with van der Waals surface area (Å²) in [5, 5.41) is 15.5. The van der Waals surface area contributed by atoms with E-state index in [0.717, 1.165) is 53.9 Å². The minimum Gasteiger partial charge on any atom is -0.355 e. The third-order valence-corrected chi connectivity index (χ3v) is 5.20. The SMILES string of the molecule is Cc1ccc(=O)n(CC2CCN(c3nnc(C)c4ccccc34)CC2)n1. The second-order valence-electron chi connectivity index (χ2n) is 7.08. The lowest BCUT2D eigenvalue weighted by Gasteiger charge is -2.33. The van der Waals surface area contributed by atoms with Gasteiger partial charge in [0.25, 0.3) is 5.56 Å². The van der Waals surface area contributed by atoms with E-state index in [1.165, 1.54) is 0 Å². The van der Waals surface area contributed by atoms with Crippen LogP contribution >= 0.6 is 0 Å². The van der Waals surface area contributed by atoms with Crippen molar-refractivity contribution in [2.75, 3.05) is 18.0 Å². The highest BCUT2D eigenvalue weighted by Crippen LogP contribution is 2.29. The number of aromatic nitrogens is 4. The predicted octanol–water partition coefficient (Wildman–Crippen LogP) is 2.72. The van der Waals surface area contributed by atoms with Crippen LogP contribution in [0.15, 0.2) is 41.2 Å². The maximum absolute atomic E-state index is 12.0. The molecule has 1 fully saturated rings. The molecule has 3 heterocycles. The quantitative estimate of drug-likeness (QED) is 0.727. The summed E-state index contributed by atoms with van der Waals surface area (Å²) in [6.45, 7) is 6.45. The van der Waals surface area contributed by atoms with E-state index in [0.29, 0.717) is 12.5 Å². The second kappa shape index (κ2) is 6.86. The van der Waals surface area contributed by atoms with Gasteiger partial charge in [-0.1, -0.05) is 24.3 Å². The van der Waals surface area contributed by atoms with Gasteiger partial charge in [-0.2, -0.15) is 10.2 Å². The lowest BCUT2D eigenvalue weighted by atomic mass is 9.96. The summed E-state index contributed by atoms with van der Waals surface area (Å²) in [7, 11) is 0. The van der Waals surface area contributed by atoms with Crippen LogP contribution < -0.4 is 10.5 Å². The lowest BCUT2D eigenvalue weighted by Crippen LogP contribution is -2.37. The molecule has 26 heavy (non-hydrogen) atoms. The van der Waals surface area contributed by atoms with Crippen LogP contribution in [0.5, 0.6) is 0 Å². The van der Waals surface area contributed by atoms with Crippen LogP contribution in [0.4, 0.5) is 5.82 Å². The minimum absolute atomic E-state index is 0.0200. The summed E-state index contributed by atoms with van der Waals surface area (Å²) < 4.78 is 1.61. The van der Waals surface area contributed by atoms with Crippen molar-refractivity contribution in [1.82, 2.24) is 20.0 Å². The Morgan fingerprint density at radius 1 is 1.00 bits per heavy atom. The van der Waals surface area contributed by atoms with E-state index in [-0.39, 0.29) is 5.56 Å². The number of hydrogen-bond donors (Lipinski definition) is 0. The fourth-order valence-corrected chi connectivity index (χ4v) is 3.71. The molecular weight excluding hydrogens is 326 g/mol. The molecule has 6 heteroatoms. The van der Waals surface area contributed by atoms with Gasteiger partial charge < -0.3 is 4.90 Å². The summed E-state index contributed by atoms with van der Waals surface area (Å²) in [5.74, 6) is 1.43. The summed E-state index contributed by atoms with van der Waals surface area (Å²) >= 11 is 0. The molecule has 0 amide bonds. The van der Waals surface area contributed by atoms with Crippen molar-refractivity contribution in [3.63, 3.8) is 0 Å². The number of aryl methyl sites for hydroxylation is 2. The normalized spacial score (nSPS) is 15.5. The first kappa shape index (κ1) is 16.7. The number of piperidine rings is 1. The Bertz CT molecular complexity index is 989. The van der Waals surface area contributed by atoms with Gasteiger partial charge in [-0.25, -0.2) is 4.68 Å². The zero-order valence-corrected chi connectivity index (χ0v) is 15.2. The first-order valence-electron chi connectivity index (χ1n) is 9.13. The zero-order chi connectivity index (χ0) is 18.1. The number of hydrogen-bond acceptors (Lipinski definition) is 5. The van der Waals surface area contributed by atoms with E-state index in [9.17, 15) is 4.79 Å². The van der Waals surface area contributed by atoms with Gasteiger partial charge in [-0.15, -0.1) is 5.10 Å². The Hall–Kier alpha value is -2.76. The third kappa shape index (κ3) is 3.19. The molecule has 0 aliphatic carbocycles. The van der Waals surface area contributed by atoms with Crippen molar-refractivity contribution in [1.29, 1.82) is 0 Å². The Labute approximate surface area is 152 Å². The molecule has 0 saturated carbocycles. The minimum atomic E-state index is -0.0200.